The second-order valence-corrected chi connectivity index (χ2v) is 5.16. The third-order valence-corrected chi connectivity index (χ3v) is 3.68. The number of halogens is 3. The normalized spacial score (nSPS) is 20.0. The molecule has 2 N–H and O–H groups in total. The fraction of sp³-hybridized carbons (Fsp3) is 0.571. The van der Waals surface area contributed by atoms with Gasteiger partial charge in [0.2, 0.25) is 0 Å². The maximum absolute atomic E-state index is 12.6. The van der Waals surface area contributed by atoms with Crippen LogP contribution in [-0.2, 0) is 6.18 Å². The first-order chi connectivity index (χ1) is 8.91. The molecule has 1 unspecified atom stereocenters. The van der Waals surface area contributed by atoms with Crippen LogP contribution >= 0.6 is 0 Å². The Balaban J connectivity index is 2.14. The van der Waals surface area contributed by atoms with E-state index in [-0.39, 0.29) is 5.69 Å². The predicted molar refractivity (Wildman–Crippen MR) is 71.1 cm³/mol. The Morgan fingerprint density at radius 3 is 2.68 bits per heavy atom. The Labute approximate surface area is 111 Å². The maximum atomic E-state index is 12.6. The van der Waals surface area contributed by atoms with Gasteiger partial charge in [-0.3, -0.25) is 0 Å². The number of nitrogens with zero attached hydrogens (tertiary/aromatic N) is 1. The van der Waals surface area contributed by atoms with E-state index in [0.29, 0.717) is 5.92 Å². The van der Waals surface area contributed by atoms with Gasteiger partial charge in [-0.15, -0.1) is 0 Å². The number of nitrogens with two attached hydrogens (primary N) is 1. The van der Waals surface area contributed by atoms with Gasteiger partial charge < -0.3 is 10.6 Å². The largest absolute Gasteiger partial charge is 0.416 e. The van der Waals surface area contributed by atoms with Crippen LogP contribution < -0.4 is 10.6 Å². The smallest absolute Gasteiger partial charge is 0.397 e. The van der Waals surface area contributed by atoms with Gasteiger partial charge in [0.15, 0.2) is 0 Å². The molecule has 0 aromatic heterocycles. The van der Waals surface area contributed by atoms with Gasteiger partial charge in [0, 0.05) is 13.1 Å². The molecule has 1 saturated heterocycles. The van der Waals surface area contributed by atoms with Crippen LogP contribution in [0.1, 0.15) is 31.7 Å². The number of anilines is 2. The zero-order valence-electron chi connectivity index (χ0n) is 11.0. The van der Waals surface area contributed by atoms with Crippen molar-refractivity contribution in [1.29, 1.82) is 0 Å². The molecule has 106 valence electrons. The lowest BCUT2D eigenvalue weighted by molar-refractivity contribution is -0.137. The SMILES string of the molecule is CCCC1CCN(c2ccc(C(F)(F)F)cc2N)C1. The van der Waals surface area contributed by atoms with Crippen molar-refractivity contribution in [3.8, 4) is 0 Å². The number of alkyl halides is 3. The van der Waals surface area contributed by atoms with E-state index in [9.17, 15) is 13.2 Å². The molecule has 1 aliphatic rings. The van der Waals surface area contributed by atoms with Crippen LogP contribution in [0, 0.1) is 5.92 Å². The molecule has 19 heavy (non-hydrogen) atoms. The lowest BCUT2D eigenvalue weighted by atomic mass is 10.0. The highest BCUT2D eigenvalue weighted by Crippen LogP contribution is 2.36. The highest BCUT2D eigenvalue weighted by Gasteiger charge is 2.31. The highest BCUT2D eigenvalue weighted by molar-refractivity contribution is 5.69. The van der Waals surface area contributed by atoms with Crippen LogP contribution in [0.4, 0.5) is 24.5 Å². The van der Waals surface area contributed by atoms with Crippen molar-refractivity contribution in [2.24, 2.45) is 5.92 Å². The standard InChI is InChI=1S/C14H19F3N2/c1-2-3-10-6-7-19(9-10)13-5-4-11(8-12(13)18)14(15,16)17/h4-5,8,10H,2-3,6-7,9,18H2,1H3. The Bertz CT molecular complexity index is 443. The Morgan fingerprint density at radius 2 is 2.11 bits per heavy atom. The number of benzene rings is 1. The van der Waals surface area contributed by atoms with Crippen LogP contribution in [-0.4, -0.2) is 13.1 Å². The van der Waals surface area contributed by atoms with Crippen LogP contribution in [0.3, 0.4) is 0 Å². The first-order valence-corrected chi connectivity index (χ1v) is 6.63. The number of hydrogen-bond donors (Lipinski definition) is 1. The van der Waals surface area contributed by atoms with Crippen molar-refractivity contribution in [3.05, 3.63) is 23.8 Å². The van der Waals surface area contributed by atoms with E-state index in [1.54, 1.807) is 0 Å². The van der Waals surface area contributed by atoms with Crippen LogP contribution in [0.5, 0.6) is 0 Å². The maximum Gasteiger partial charge on any atom is 0.416 e. The van der Waals surface area contributed by atoms with E-state index in [4.69, 9.17) is 5.73 Å². The van der Waals surface area contributed by atoms with E-state index in [2.05, 4.69) is 11.8 Å². The summed E-state index contributed by atoms with van der Waals surface area (Å²) >= 11 is 0. The van der Waals surface area contributed by atoms with Crippen LogP contribution in [0.2, 0.25) is 0 Å². The molecule has 1 aliphatic heterocycles. The van der Waals surface area contributed by atoms with Gasteiger partial charge in [-0.05, 0) is 37.0 Å². The first kappa shape index (κ1) is 14.0. The molecule has 2 rings (SSSR count). The first-order valence-electron chi connectivity index (χ1n) is 6.63. The van der Waals surface area contributed by atoms with E-state index in [0.717, 1.165) is 50.2 Å². The summed E-state index contributed by atoms with van der Waals surface area (Å²) in [6.45, 7) is 3.92. The predicted octanol–water partition coefficient (Wildman–Crippen LogP) is 3.91. The third kappa shape index (κ3) is 3.14. The minimum absolute atomic E-state index is 0.215. The Hall–Kier alpha value is -1.39. The number of hydrogen-bond acceptors (Lipinski definition) is 2. The molecule has 0 amide bonds. The van der Waals surface area contributed by atoms with Gasteiger partial charge in [0.1, 0.15) is 0 Å². The van der Waals surface area contributed by atoms with Crippen LogP contribution in [0.15, 0.2) is 18.2 Å². The highest BCUT2D eigenvalue weighted by atomic mass is 19.4. The lowest BCUT2D eigenvalue weighted by Gasteiger charge is -2.21. The zero-order valence-corrected chi connectivity index (χ0v) is 11.0. The van der Waals surface area contributed by atoms with Gasteiger partial charge in [0.25, 0.3) is 0 Å². The summed E-state index contributed by atoms with van der Waals surface area (Å²) in [5, 5.41) is 0. The molecular formula is C14H19F3N2. The van der Waals surface area contributed by atoms with E-state index in [1.165, 1.54) is 6.07 Å². The summed E-state index contributed by atoms with van der Waals surface area (Å²) in [7, 11) is 0. The summed E-state index contributed by atoms with van der Waals surface area (Å²) in [6, 6.07) is 3.63. The molecule has 0 aliphatic carbocycles. The van der Waals surface area contributed by atoms with Crippen molar-refractivity contribution in [1.82, 2.24) is 0 Å². The molecule has 2 nitrogen and oxygen atoms in total. The van der Waals surface area contributed by atoms with Gasteiger partial charge in [-0.2, -0.15) is 13.2 Å². The van der Waals surface area contributed by atoms with Gasteiger partial charge in [0.05, 0.1) is 16.9 Å². The van der Waals surface area contributed by atoms with Crippen molar-refractivity contribution in [2.45, 2.75) is 32.4 Å². The second kappa shape index (κ2) is 5.31. The van der Waals surface area contributed by atoms with Crippen molar-refractivity contribution in [2.75, 3.05) is 23.7 Å². The Morgan fingerprint density at radius 1 is 1.37 bits per heavy atom. The van der Waals surface area contributed by atoms with Gasteiger partial charge in [-0.1, -0.05) is 13.3 Å². The average molecular weight is 272 g/mol. The van der Waals surface area contributed by atoms with Crippen molar-refractivity contribution in [3.63, 3.8) is 0 Å². The molecule has 0 saturated carbocycles. The van der Waals surface area contributed by atoms with Crippen molar-refractivity contribution < 1.29 is 13.2 Å². The number of nitrogen functional groups attached to an aromatic ring is 1. The molecule has 1 fully saturated rings. The summed E-state index contributed by atoms with van der Waals surface area (Å²) in [6.07, 6.45) is -0.936. The Kier molecular flexibility index (Phi) is 3.92. The number of rotatable bonds is 3. The summed E-state index contributed by atoms with van der Waals surface area (Å²) < 4.78 is 37.7. The molecule has 1 aromatic rings. The van der Waals surface area contributed by atoms with Gasteiger partial charge in [-0.25, -0.2) is 0 Å². The molecule has 1 heterocycles. The van der Waals surface area contributed by atoms with E-state index in [1.807, 2.05) is 0 Å². The zero-order chi connectivity index (χ0) is 14.0. The minimum atomic E-state index is -4.33. The monoisotopic (exact) mass is 272 g/mol. The molecule has 0 bridgehead atoms. The third-order valence-electron chi connectivity index (χ3n) is 3.68. The molecule has 0 spiro atoms. The average Bonchev–Trinajstić information content (AvgIpc) is 2.76. The fourth-order valence-electron chi connectivity index (χ4n) is 2.71. The van der Waals surface area contributed by atoms with Crippen molar-refractivity contribution >= 4 is 11.4 Å². The summed E-state index contributed by atoms with van der Waals surface area (Å²) in [5.41, 5.74) is 6.04. The molecule has 5 heteroatoms. The topological polar surface area (TPSA) is 29.3 Å². The summed E-state index contributed by atoms with van der Waals surface area (Å²) in [5.74, 6) is 0.631. The summed E-state index contributed by atoms with van der Waals surface area (Å²) in [4.78, 5) is 2.09. The molecular weight excluding hydrogens is 253 g/mol. The fourth-order valence-corrected chi connectivity index (χ4v) is 2.71. The quantitative estimate of drug-likeness (QED) is 0.845. The molecule has 0 radical (unpaired) electrons. The lowest BCUT2D eigenvalue weighted by Crippen LogP contribution is -2.21. The second-order valence-electron chi connectivity index (χ2n) is 5.16. The molecule has 1 atom stereocenters. The van der Waals surface area contributed by atoms with Gasteiger partial charge >= 0.3 is 6.18 Å². The van der Waals surface area contributed by atoms with Crippen LogP contribution in [0.25, 0.3) is 0 Å². The van der Waals surface area contributed by atoms with E-state index >= 15 is 0 Å². The van der Waals surface area contributed by atoms with E-state index < -0.39 is 11.7 Å². The minimum Gasteiger partial charge on any atom is -0.397 e. The molecule has 1 aromatic carbocycles.